The second-order valence-corrected chi connectivity index (χ2v) is 9.00. The average Bonchev–Trinajstić information content (AvgIpc) is 2.86. The van der Waals surface area contributed by atoms with Crippen LogP contribution in [0.15, 0.2) is 47.4 Å². The molecule has 0 radical (unpaired) electrons. The summed E-state index contributed by atoms with van der Waals surface area (Å²) in [7, 11) is 2.83. The summed E-state index contributed by atoms with van der Waals surface area (Å²) in [6.45, 7) is 0. The maximum absolute atomic E-state index is 14.1. The molecule has 0 aromatic heterocycles. The molecule has 2 N–H and O–H groups in total. The van der Waals surface area contributed by atoms with E-state index in [2.05, 4.69) is 4.72 Å². The van der Waals surface area contributed by atoms with Crippen LogP contribution in [-0.4, -0.2) is 49.1 Å². The molecule has 0 aliphatic carbocycles. The van der Waals surface area contributed by atoms with Gasteiger partial charge in [0, 0.05) is 0 Å². The molecule has 0 saturated carbocycles. The first-order chi connectivity index (χ1) is 17.2. The quantitative estimate of drug-likeness (QED) is 0.376. The number of methoxy groups -OCH3 is 5. The highest BCUT2D eigenvalue weighted by molar-refractivity contribution is 7.92. The van der Waals surface area contributed by atoms with Crippen molar-refractivity contribution in [2.24, 2.45) is 0 Å². The molecule has 192 valence electrons. The molecule has 0 fully saturated rings. The first-order valence-corrected chi connectivity index (χ1v) is 11.9. The zero-order valence-corrected chi connectivity index (χ0v) is 21.1. The lowest BCUT2D eigenvalue weighted by molar-refractivity contribution is 0.324. The third kappa shape index (κ3) is 5.57. The summed E-state index contributed by atoms with van der Waals surface area (Å²) in [5.74, 6) is 0.00961. The van der Waals surface area contributed by atoms with Crippen LogP contribution in [0, 0.1) is 5.82 Å². The van der Waals surface area contributed by atoms with Crippen molar-refractivity contribution in [1.29, 1.82) is 0 Å². The minimum Gasteiger partial charge on any atom is -0.504 e. The molecule has 0 atom stereocenters. The Kier molecular flexibility index (Phi) is 8.15. The minimum atomic E-state index is -4.23. The van der Waals surface area contributed by atoms with Crippen LogP contribution in [0.4, 0.5) is 10.1 Å². The number of halogens is 1. The summed E-state index contributed by atoms with van der Waals surface area (Å²) in [5.41, 5.74) is 1.09. The molecule has 0 unspecified atom stereocenters. The fraction of sp³-hybridized carbons (Fsp3) is 0.200. The van der Waals surface area contributed by atoms with Gasteiger partial charge in [-0.2, -0.15) is 0 Å². The van der Waals surface area contributed by atoms with E-state index in [1.165, 1.54) is 59.8 Å². The van der Waals surface area contributed by atoms with Crippen LogP contribution in [0.25, 0.3) is 12.2 Å². The molecule has 9 nitrogen and oxygen atoms in total. The highest BCUT2D eigenvalue weighted by Gasteiger charge is 2.21. The number of ether oxygens (including phenoxy) is 5. The van der Waals surface area contributed by atoms with Gasteiger partial charge in [0.05, 0.1) is 46.1 Å². The fourth-order valence-corrected chi connectivity index (χ4v) is 4.49. The Morgan fingerprint density at radius 3 is 1.81 bits per heavy atom. The molecule has 0 bridgehead atoms. The smallest absolute Gasteiger partial charge is 0.262 e. The van der Waals surface area contributed by atoms with E-state index in [1.54, 1.807) is 24.3 Å². The fourth-order valence-electron chi connectivity index (χ4n) is 3.43. The topological polar surface area (TPSA) is 113 Å². The molecule has 3 rings (SSSR count). The first-order valence-electron chi connectivity index (χ1n) is 10.4. The molecule has 0 aliphatic heterocycles. The summed E-state index contributed by atoms with van der Waals surface area (Å²) in [6.07, 6.45) is 3.35. The summed E-state index contributed by atoms with van der Waals surface area (Å²) < 4.78 is 68.3. The maximum atomic E-state index is 14.1. The van der Waals surface area contributed by atoms with E-state index in [9.17, 15) is 17.9 Å². The van der Waals surface area contributed by atoms with Crippen molar-refractivity contribution in [2.45, 2.75) is 4.90 Å². The number of phenolic OH excluding ortho intramolecular Hbond substituents is 1. The number of hydrogen-bond acceptors (Lipinski definition) is 8. The van der Waals surface area contributed by atoms with Crippen molar-refractivity contribution >= 4 is 27.9 Å². The molecule has 0 amide bonds. The van der Waals surface area contributed by atoms with Gasteiger partial charge in [-0.05, 0) is 53.6 Å². The monoisotopic (exact) mass is 519 g/mol. The zero-order valence-electron chi connectivity index (χ0n) is 20.3. The van der Waals surface area contributed by atoms with Gasteiger partial charge in [0.15, 0.2) is 34.6 Å². The summed E-state index contributed by atoms with van der Waals surface area (Å²) in [6, 6.07) is 9.55. The highest BCUT2D eigenvalue weighted by Crippen LogP contribution is 2.40. The average molecular weight is 520 g/mol. The number of sulfonamides is 1. The van der Waals surface area contributed by atoms with Crippen molar-refractivity contribution in [3.63, 3.8) is 0 Å². The molecule has 0 aliphatic rings. The Balaban J connectivity index is 1.99. The van der Waals surface area contributed by atoms with Gasteiger partial charge in [0.25, 0.3) is 10.0 Å². The number of phenols is 1. The Morgan fingerprint density at radius 2 is 1.31 bits per heavy atom. The number of anilines is 1. The van der Waals surface area contributed by atoms with Crippen molar-refractivity contribution in [1.82, 2.24) is 0 Å². The van der Waals surface area contributed by atoms with E-state index in [0.29, 0.717) is 28.4 Å². The van der Waals surface area contributed by atoms with Crippen molar-refractivity contribution < 1.29 is 41.6 Å². The Hall–Kier alpha value is -4.12. The Labute approximate surface area is 208 Å². The van der Waals surface area contributed by atoms with Gasteiger partial charge in [-0.25, -0.2) is 12.8 Å². The second kappa shape index (κ2) is 11.1. The molecular weight excluding hydrogens is 493 g/mol. The predicted molar refractivity (Wildman–Crippen MR) is 133 cm³/mol. The Morgan fingerprint density at radius 1 is 0.750 bits per heavy atom. The molecule has 0 saturated heterocycles. The van der Waals surface area contributed by atoms with Gasteiger partial charge >= 0.3 is 0 Å². The summed E-state index contributed by atoms with van der Waals surface area (Å²) in [5, 5.41) is 10.5. The number of benzene rings is 3. The third-order valence-electron chi connectivity index (χ3n) is 5.13. The van der Waals surface area contributed by atoms with Crippen LogP contribution < -0.4 is 28.4 Å². The molecule has 0 heterocycles. The molecule has 3 aromatic carbocycles. The van der Waals surface area contributed by atoms with E-state index < -0.39 is 15.8 Å². The first kappa shape index (κ1) is 26.5. The standard InChI is InChI=1S/C25H26FNO8S/c1-31-21-9-8-17(14-18(21)26)36(29,30)27-19-10-15(11-20(28)24(19)34-4)6-7-16-12-22(32-2)25(35-5)23(13-16)33-3/h6-14,27-28H,1-5H3. The van der Waals surface area contributed by atoms with Crippen molar-refractivity contribution in [2.75, 3.05) is 40.3 Å². The van der Waals surface area contributed by atoms with Gasteiger partial charge < -0.3 is 28.8 Å². The predicted octanol–water partition coefficient (Wildman–Crippen LogP) is 4.55. The van der Waals surface area contributed by atoms with E-state index in [0.717, 1.165) is 6.07 Å². The van der Waals surface area contributed by atoms with Crippen molar-refractivity contribution in [3.05, 3.63) is 59.4 Å². The SMILES string of the molecule is COc1ccc(S(=O)(=O)Nc2cc(C=Cc3cc(OC)c(OC)c(OC)c3)cc(O)c2OC)cc1F. The zero-order chi connectivity index (χ0) is 26.5. The van der Waals surface area contributed by atoms with Gasteiger partial charge in [0.2, 0.25) is 5.75 Å². The minimum absolute atomic E-state index is 0.0433. The van der Waals surface area contributed by atoms with Gasteiger partial charge in [-0.3, -0.25) is 4.72 Å². The van der Waals surface area contributed by atoms with Crippen LogP contribution in [0.2, 0.25) is 0 Å². The number of aromatic hydroxyl groups is 1. The molecular formula is C25H26FNO8S. The molecule has 11 heteroatoms. The van der Waals surface area contributed by atoms with Crippen molar-refractivity contribution in [3.8, 4) is 34.5 Å². The van der Waals surface area contributed by atoms with E-state index in [-0.39, 0.29) is 27.8 Å². The molecule has 0 spiro atoms. The van der Waals surface area contributed by atoms with E-state index in [4.69, 9.17) is 23.7 Å². The van der Waals surface area contributed by atoms with E-state index in [1.807, 2.05) is 0 Å². The molecule has 36 heavy (non-hydrogen) atoms. The number of rotatable bonds is 10. The lowest BCUT2D eigenvalue weighted by atomic mass is 10.1. The van der Waals surface area contributed by atoms with Crippen LogP contribution in [0.1, 0.15) is 11.1 Å². The molecule has 3 aromatic rings. The lowest BCUT2D eigenvalue weighted by Crippen LogP contribution is -2.14. The Bertz CT molecular complexity index is 1360. The summed E-state index contributed by atoms with van der Waals surface area (Å²) >= 11 is 0. The maximum Gasteiger partial charge on any atom is 0.262 e. The van der Waals surface area contributed by atoms with E-state index >= 15 is 0 Å². The number of hydrogen-bond donors (Lipinski definition) is 2. The van der Waals surface area contributed by atoms with Gasteiger partial charge in [0.1, 0.15) is 0 Å². The van der Waals surface area contributed by atoms with Crippen LogP contribution in [-0.2, 0) is 10.0 Å². The largest absolute Gasteiger partial charge is 0.504 e. The third-order valence-corrected chi connectivity index (χ3v) is 6.49. The normalized spacial score (nSPS) is 11.3. The number of nitrogens with one attached hydrogen (secondary N) is 1. The summed E-state index contributed by atoms with van der Waals surface area (Å²) in [4.78, 5) is -0.333. The van der Waals surface area contributed by atoms with Gasteiger partial charge in [-0.15, -0.1) is 0 Å². The van der Waals surface area contributed by atoms with Crippen LogP contribution in [0.3, 0.4) is 0 Å². The highest BCUT2D eigenvalue weighted by atomic mass is 32.2. The van der Waals surface area contributed by atoms with Gasteiger partial charge in [-0.1, -0.05) is 12.2 Å². The second-order valence-electron chi connectivity index (χ2n) is 7.31. The van der Waals surface area contributed by atoms with Crippen LogP contribution in [0.5, 0.6) is 34.5 Å². The lowest BCUT2D eigenvalue weighted by Gasteiger charge is -2.15. The van der Waals surface area contributed by atoms with Crippen LogP contribution >= 0.6 is 0 Å².